The molecule has 1 aliphatic heterocycles. The number of nitrogens with zero attached hydrogens (tertiary/aromatic N) is 3. The second kappa shape index (κ2) is 7.63. The molecule has 1 aliphatic rings. The zero-order valence-electron chi connectivity index (χ0n) is 14.5. The number of hydrogen-bond acceptors (Lipinski definition) is 5. The van der Waals surface area contributed by atoms with Crippen molar-refractivity contribution in [2.75, 3.05) is 38.7 Å². The van der Waals surface area contributed by atoms with Crippen molar-refractivity contribution in [1.82, 2.24) is 9.88 Å². The molecule has 0 aliphatic carbocycles. The van der Waals surface area contributed by atoms with E-state index in [-0.39, 0.29) is 17.8 Å². The van der Waals surface area contributed by atoms with Crippen LogP contribution in [0.25, 0.3) is 0 Å². The average molecular weight is 341 g/mol. The van der Waals surface area contributed by atoms with E-state index < -0.39 is 5.97 Å². The standard InChI is InChI=1S/C19H23N3O3/c1-21-11-12-25-16(18(21)14-7-4-3-5-8-14)13-22(2)17-10-6-9-15(20-17)19(23)24/h3-10,16,18H,11-13H2,1-2H3,(H,23,24)/t16-,18-/m0/s1. The highest BCUT2D eigenvalue weighted by Crippen LogP contribution is 2.29. The summed E-state index contributed by atoms with van der Waals surface area (Å²) in [6.45, 7) is 2.19. The van der Waals surface area contributed by atoms with Gasteiger partial charge in [0.25, 0.3) is 0 Å². The minimum atomic E-state index is -1.02. The highest BCUT2D eigenvalue weighted by atomic mass is 16.5. The van der Waals surface area contributed by atoms with Gasteiger partial charge in [-0.3, -0.25) is 4.90 Å². The summed E-state index contributed by atoms with van der Waals surface area (Å²) < 4.78 is 6.06. The van der Waals surface area contributed by atoms with Crippen LogP contribution in [0, 0.1) is 0 Å². The van der Waals surface area contributed by atoms with Crippen LogP contribution in [0.4, 0.5) is 5.82 Å². The zero-order valence-corrected chi connectivity index (χ0v) is 14.5. The lowest BCUT2D eigenvalue weighted by Gasteiger charge is -2.41. The fourth-order valence-electron chi connectivity index (χ4n) is 3.25. The Morgan fingerprint density at radius 3 is 2.76 bits per heavy atom. The Balaban J connectivity index is 1.79. The molecule has 6 heteroatoms. The molecule has 0 spiro atoms. The molecule has 0 saturated carbocycles. The van der Waals surface area contributed by atoms with Crippen LogP contribution in [0.15, 0.2) is 48.5 Å². The molecule has 1 N–H and O–H groups in total. The number of rotatable bonds is 5. The van der Waals surface area contributed by atoms with Crippen molar-refractivity contribution in [1.29, 1.82) is 0 Å². The van der Waals surface area contributed by atoms with Crippen molar-refractivity contribution < 1.29 is 14.6 Å². The van der Waals surface area contributed by atoms with E-state index >= 15 is 0 Å². The maximum Gasteiger partial charge on any atom is 0.354 e. The maximum absolute atomic E-state index is 11.1. The van der Waals surface area contributed by atoms with Crippen molar-refractivity contribution in [3.63, 3.8) is 0 Å². The first kappa shape index (κ1) is 17.4. The number of benzene rings is 1. The van der Waals surface area contributed by atoms with E-state index in [0.717, 1.165) is 6.54 Å². The Morgan fingerprint density at radius 2 is 2.04 bits per heavy atom. The number of likely N-dealkylation sites (N-methyl/N-ethyl adjacent to an activating group) is 2. The first-order valence-electron chi connectivity index (χ1n) is 8.34. The van der Waals surface area contributed by atoms with Gasteiger partial charge in [-0.1, -0.05) is 36.4 Å². The number of carbonyl (C=O) groups is 1. The number of carboxylic acids is 1. The minimum absolute atomic E-state index is 0.0264. The predicted octanol–water partition coefficient (Wildman–Crippen LogP) is 2.29. The Kier molecular flexibility index (Phi) is 5.31. The lowest BCUT2D eigenvalue weighted by molar-refractivity contribution is -0.0580. The molecule has 0 bridgehead atoms. The molecule has 1 saturated heterocycles. The molecule has 1 aromatic heterocycles. The van der Waals surface area contributed by atoms with Crippen LogP contribution in [-0.2, 0) is 4.74 Å². The third-order valence-corrected chi connectivity index (χ3v) is 4.54. The Bertz CT molecular complexity index is 723. The second-order valence-electron chi connectivity index (χ2n) is 6.31. The van der Waals surface area contributed by atoms with Crippen LogP contribution in [0.1, 0.15) is 22.1 Å². The molecular weight excluding hydrogens is 318 g/mol. The van der Waals surface area contributed by atoms with E-state index in [1.807, 2.05) is 36.2 Å². The van der Waals surface area contributed by atoms with Gasteiger partial charge in [-0.05, 0) is 24.7 Å². The molecule has 0 amide bonds. The normalized spacial score (nSPS) is 21.0. The van der Waals surface area contributed by atoms with Gasteiger partial charge in [-0.25, -0.2) is 9.78 Å². The molecule has 1 fully saturated rings. The lowest BCUT2D eigenvalue weighted by atomic mass is 9.98. The molecular formula is C19H23N3O3. The van der Waals surface area contributed by atoms with E-state index in [0.29, 0.717) is 19.0 Å². The van der Waals surface area contributed by atoms with Crippen LogP contribution < -0.4 is 4.90 Å². The van der Waals surface area contributed by atoms with Gasteiger partial charge in [0.15, 0.2) is 5.69 Å². The number of ether oxygens (including phenoxy) is 1. The smallest absolute Gasteiger partial charge is 0.354 e. The van der Waals surface area contributed by atoms with Crippen LogP contribution in [-0.4, -0.2) is 60.9 Å². The Labute approximate surface area is 147 Å². The molecule has 6 nitrogen and oxygen atoms in total. The Morgan fingerprint density at radius 1 is 1.28 bits per heavy atom. The summed E-state index contributed by atoms with van der Waals surface area (Å²) in [6, 6.07) is 15.5. The summed E-state index contributed by atoms with van der Waals surface area (Å²) in [7, 11) is 4.02. The SMILES string of the molecule is CN(C[C@@H]1OCCN(C)[C@H]1c1ccccc1)c1cccc(C(=O)O)n1. The Hall–Kier alpha value is -2.44. The lowest BCUT2D eigenvalue weighted by Crippen LogP contribution is -2.48. The second-order valence-corrected chi connectivity index (χ2v) is 6.31. The van der Waals surface area contributed by atoms with Gasteiger partial charge >= 0.3 is 5.97 Å². The molecule has 2 atom stereocenters. The van der Waals surface area contributed by atoms with E-state index in [1.165, 1.54) is 11.6 Å². The molecule has 0 unspecified atom stereocenters. The number of carboxylic acid groups (broad SMARTS) is 1. The number of anilines is 1. The molecule has 3 rings (SSSR count). The highest BCUT2D eigenvalue weighted by Gasteiger charge is 2.32. The monoisotopic (exact) mass is 341 g/mol. The van der Waals surface area contributed by atoms with Crippen LogP contribution in [0.2, 0.25) is 0 Å². The molecule has 25 heavy (non-hydrogen) atoms. The van der Waals surface area contributed by atoms with Crippen molar-refractivity contribution in [3.05, 3.63) is 59.8 Å². The van der Waals surface area contributed by atoms with Crippen LogP contribution in [0.5, 0.6) is 0 Å². The summed E-state index contributed by atoms with van der Waals surface area (Å²) in [6.07, 6.45) is -0.0264. The van der Waals surface area contributed by atoms with Crippen LogP contribution >= 0.6 is 0 Å². The molecule has 2 heterocycles. The summed E-state index contributed by atoms with van der Waals surface area (Å²) in [5, 5.41) is 9.13. The van der Waals surface area contributed by atoms with Crippen molar-refractivity contribution in [3.8, 4) is 0 Å². The number of morpholine rings is 1. The van der Waals surface area contributed by atoms with Gasteiger partial charge in [0.1, 0.15) is 5.82 Å². The van der Waals surface area contributed by atoms with Crippen molar-refractivity contribution >= 4 is 11.8 Å². The van der Waals surface area contributed by atoms with E-state index in [4.69, 9.17) is 9.84 Å². The number of pyridine rings is 1. The fourth-order valence-corrected chi connectivity index (χ4v) is 3.25. The summed E-state index contributed by atoms with van der Waals surface area (Å²) in [4.78, 5) is 19.6. The van der Waals surface area contributed by atoms with E-state index in [9.17, 15) is 4.79 Å². The van der Waals surface area contributed by atoms with E-state index in [2.05, 4.69) is 29.1 Å². The first-order valence-corrected chi connectivity index (χ1v) is 8.34. The van der Waals surface area contributed by atoms with Gasteiger partial charge in [0.2, 0.25) is 0 Å². The molecule has 132 valence electrons. The predicted molar refractivity (Wildman–Crippen MR) is 96.0 cm³/mol. The van der Waals surface area contributed by atoms with Gasteiger partial charge < -0.3 is 14.7 Å². The molecule has 1 aromatic carbocycles. The van der Waals surface area contributed by atoms with Gasteiger partial charge in [-0.2, -0.15) is 0 Å². The van der Waals surface area contributed by atoms with Crippen molar-refractivity contribution in [2.24, 2.45) is 0 Å². The number of aromatic carboxylic acids is 1. The topological polar surface area (TPSA) is 65.9 Å². The molecule has 2 aromatic rings. The quantitative estimate of drug-likeness (QED) is 0.900. The summed E-state index contributed by atoms with van der Waals surface area (Å²) in [5.41, 5.74) is 1.26. The molecule has 0 radical (unpaired) electrons. The minimum Gasteiger partial charge on any atom is -0.477 e. The largest absolute Gasteiger partial charge is 0.477 e. The van der Waals surface area contributed by atoms with Gasteiger partial charge in [0.05, 0.1) is 18.8 Å². The summed E-state index contributed by atoms with van der Waals surface area (Å²) >= 11 is 0. The third kappa shape index (κ3) is 3.97. The van der Waals surface area contributed by atoms with Crippen molar-refractivity contribution in [2.45, 2.75) is 12.1 Å². The number of hydrogen-bond donors (Lipinski definition) is 1. The fraction of sp³-hybridized carbons (Fsp3) is 0.368. The third-order valence-electron chi connectivity index (χ3n) is 4.54. The van der Waals surface area contributed by atoms with Gasteiger partial charge in [0, 0.05) is 20.1 Å². The average Bonchev–Trinajstić information content (AvgIpc) is 2.62. The summed E-state index contributed by atoms with van der Waals surface area (Å²) in [5.74, 6) is -0.394. The number of aromatic nitrogens is 1. The van der Waals surface area contributed by atoms with Crippen LogP contribution in [0.3, 0.4) is 0 Å². The van der Waals surface area contributed by atoms with Gasteiger partial charge in [-0.15, -0.1) is 0 Å². The van der Waals surface area contributed by atoms with E-state index in [1.54, 1.807) is 6.07 Å². The first-order chi connectivity index (χ1) is 12.1. The zero-order chi connectivity index (χ0) is 17.8. The highest BCUT2D eigenvalue weighted by molar-refractivity contribution is 5.85. The maximum atomic E-state index is 11.1.